The van der Waals surface area contributed by atoms with E-state index in [1.807, 2.05) is 6.92 Å². The van der Waals surface area contributed by atoms with Crippen LogP contribution in [0.1, 0.15) is 39.0 Å². The largest absolute Gasteiger partial charge is 0.476 e. The van der Waals surface area contributed by atoms with E-state index in [0.717, 1.165) is 45.2 Å². The molecule has 0 unspecified atom stereocenters. The molecule has 1 aromatic heterocycles. The molecule has 4 fully saturated rings. The molecule has 0 radical (unpaired) electrons. The SMILES string of the molecule is CC1(OC(=O)N2CCC(COc3cnc(N4CCN(S(=O)(=O)CCN5CCC5)CC4=O)cn3)CC2)CC1. The molecule has 4 heterocycles. The first-order valence-corrected chi connectivity index (χ1v) is 14.8. The molecular formula is C24H36N6O6S. The van der Waals surface area contributed by atoms with E-state index in [-0.39, 0.29) is 43.0 Å². The van der Waals surface area contributed by atoms with Crippen molar-refractivity contribution in [3.8, 4) is 5.88 Å². The van der Waals surface area contributed by atoms with Gasteiger partial charge in [0.1, 0.15) is 5.60 Å². The minimum Gasteiger partial charge on any atom is -0.476 e. The van der Waals surface area contributed by atoms with E-state index in [0.29, 0.717) is 43.9 Å². The third kappa shape index (κ3) is 6.50. The zero-order valence-corrected chi connectivity index (χ0v) is 22.2. The summed E-state index contributed by atoms with van der Waals surface area (Å²) in [7, 11) is -3.47. The van der Waals surface area contributed by atoms with Crippen molar-refractivity contribution in [3.63, 3.8) is 0 Å². The smallest absolute Gasteiger partial charge is 0.410 e. The number of carbonyl (C=O) groups is 2. The highest BCUT2D eigenvalue weighted by molar-refractivity contribution is 7.89. The molecule has 0 aromatic carbocycles. The normalized spacial score (nSPS) is 23.0. The van der Waals surface area contributed by atoms with Crippen molar-refractivity contribution in [3.05, 3.63) is 12.4 Å². The van der Waals surface area contributed by atoms with Gasteiger partial charge in [-0.05, 0) is 58.0 Å². The van der Waals surface area contributed by atoms with Gasteiger partial charge >= 0.3 is 6.09 Å². The molecule has 12 nitrogen and oxygen atoms in total. The van der Waals surface area contributed by atoms with Gasteiger partial charge in [0, 0.05) is 32.7 Å². The van der Waals surface area contributed by atoms with Gasteiger partial charge in [0.2, 0.25) is 21.8 Å². The average Bonchev–Trinajstić information content (AvgIpc) is 3.58. The molecule has 4 aliphatic rings. The number of nitrogens with zero attached hydrogens (tertiary/aromatic N) is 6. The quantitative estimate of drug-likeness (QED) is 0.453. The Morgan fingerprint density at radius 1 is 1.08 bits per heavy atom. The van der Waals surface area contributed by atoms with E-state index in [9.17, 15) is 18.0 Å². The van der Waals surface area contributed by atoms with Crippen molar-refractivity contribution in [2.45, 2.75) is 44.6 Å². The van der Waals surface area contributed by atoms with Gasteiger partial charge in [0.15, 0.2) is 5.82 Å². The van der Waals surface area contributed by atoms with Crippen LogP contribution in [0.25, 0.3) is 0 Å². The Bertz CT molecular complexity index is 1080. The second kappa shape index (κ2) is 10.7. The zero-order chi connectivity index (χ0) is 26.0. The number of ether oxygens (including phenoxy) is 2. The van der Waals surface area contributed by atoms with Gasteiger partial charge < -0.3 is 19.3 Å². The van der Waals surface area contributed by atoms with Crippen molar-refractivity contribution in [1.29, 1.82) is 0 Å². The lowest BCUT2D eigenvalue weighted by Crippen LogP contribution is -2.54. The molecule has 1 saturated carbocycles. The minimum absolute atomic E-state index is 0.0364. The Morgan fingerprint density at radius 2 is 1.84 bits per heavy atom. The summed E-state index contributed by atoms with van der Waals surface area (Å²) in [5.74, 6) is 0.773. The fraction of sp³-hybridized carbons (Fsp3) is 0.750. The van der Waals surface area contributed by atoms with Crippen LogP contribution in [0.2, 0.25) is 0 Å². The van der Waals surface area contributed by atoms with E-state index in [4.69, 9.17) is 9.47 Å². The molecule has 0 N–H and O–H groups in total. The van der Waals surface area contributed by atoms with Gasteiger partial charge in [-0.15, -0.1) is 0 Å². The number of hydrogen-bond donors (Lipinski definition) is 0. The number of amides is 2. The van der Waals surface area contributed by atoms with Crippen LogP contribution in [0, 0.1) is 5.92 Å². The summed E-state index contributed by atoms with van der Waals surface area (Å²) in [6, 6.07) is 0. The first-order chi connectivity index (χ1) is 17.7. The summed E-state index contributed by atoms with van der Waals surface area (Å²) in [6.45, 7) is 6.41. The lowest BCUT2D eigenvalue weighted by atomic mass is 9.98. The maximum absolute atomic E-state index is 12.7. The maximum atomic E-state index is 12.7. The van der Waals surface area contributed by atoms with Crippen molar-refractivity contribution in [2.75, 3.05) is 69.6 Å². The number of piperazine rings is 1. The molecular weight excluding hydrogens is 500 g/mol. The number of rotatable bonds is 9. The third-order valence-electron chi connectivity index (χ3n) is 7.71. The molecule has 3 saturated heterocycles. The van der Waals surface area contributed by atoms with Crippen LogP contribution in [-0.2, 0) is 19.6 Å². The Labute approximate surface area is 217 Å². The van der Waals surface area contributed by atoms with Crippen LogP contribution >= 0.6 is 0 Å². The lowest BCUT2D eigenvalue weighted by molar-refractivity contribution is -0.120. The van der Waals surface area contributed by atoms with E-state index in [2.05, 4.69) is 14.9 Å². The standard InChI is InChI=1S/C24H36N6O6S/c1-24(5-6-24)36-23(32)28-9-3-19(4-10-28)18-35-21-16-25-20(15-26-21)30-12-11-29(17-22(30)31)37(33,34)14-13-27-7-2-8-27/h15-16,19H,2-14,17-18H2,1H3. The topological polar surface area (TPSA) is 125 Å². The number of piperidine rings is 1. The van der Waals surface area contributed by atoms with E-state index < -0.39 is 10.0 Å². The Morgan fingerprint density at radius 3 is 2.43 bits per heavy atom. The second-order valence-electron chi connectivity index (χ2n) is 10.7. The molecule has 1 aliphatic carbocycles. The van der Waals surface area contributed by atoms with Crippen LogP contribution in [0.5, 0.6) is 5.88 Å². The van der Waals surface area contributed by atoms with Crippen LogP contribution in [0.3, 0.4) is 0 Å². The van der Waals surface area contributed by atoms with Gasteiger partial charge in [-0.2, -0.15) is 4.31 Å². The van der Waals surface area contributed by atoms with Gasteiger partial charge in [-0.3, -0.25) is 9.69 Å². The number of anilines is 1. The van der Waals surface area contributed by atoms with Gasteiger partial charge in [-0.1, -0.05) is 0 Å². The van der Waals surface area contributed by atoms with Crippen molar-refractivity contribution in [1.82, 2.24) is 24.1 Å². The average molecular weight is 537 g/mol. The van der Waals surface area contributed by atoms with E-state index in [1.165, 1.54) is 21.6 Å². The fourth-order valence-electron chi connectivity index (χ4n) is 4.67. The van der Waals surface area contributed by atoms with Crippen LogP contribution < -0.4 is 9.64 Å². The van der Waals surface area contributed by atoms with Gasteiger partial charge in [-0.25, -0.2) is 23.2 Å². The molecule has 0 bridgehead atoms. The fourth-order valence-corrected chi connectivity index (χ4v) is 6.09. The molecule has 5 rings (SSSR count). The van der Waals surface area contributed by atoms with E-state index >= 15 is 0 Å². The molecule has 0 atom stereocenters. The summed E-state index contributed by atoms with van der Waals surface area (Å²) < 4.78 is 37.9. The maximum Gasteiger partial charge on any atom is 0.410 e. The molecule has 204 valence electrons. The number of sulfonamides is 1. The summed E-state index contributed by atoms with van der Waals surface area (Å²) in [6.07, 6.45) is 7.40. The van der Waals surface area contributed by atoms with E-state index in [1.54, 1.807) is 4.90 Å². The number of aromatic nitrogens is 2. The number of carbonyl (C=O) groups excluding carboxylic acids is 2. The number of hydrogen-bond acceptors (Lipinski definition) is 9. The predicted octanol–water partition coefficient (Wildman–Crippen LogP) is 0.941. The third-order valence-corrected chi connectivity index (χ3v) is 9.51. The predicted molar refractivity (Wildman–Crippen MR) is 135 cm³/mol. The molecule has 1 aromatic rings. The Balaban J connectivity index is 1.05. The first-order valence-electron chi connectivity index (χ1n) is 13.1. The molecule has 37 heavy (non-hydrogen) atoms. The van der Waals surface area contributed by atoms with Crippen LogP contribution in [0.15, 0.2) is 12.4 Å². The van der Waals surface area contributed by atoms with Crippen molar-refractivity contribution >= 4 is 27.8 Å². The molecule has 3 aliphatic heterocycles. The van der Waals surface area contributed by atoms with Gasteiger partial charge in [0.25, 0.3) is 0 Å². The summed E-state index contributed by atoms with van der Waals surface area (Å²) in [5.41, 5.74) is -0.259. The zero-order valence-electron chi connectivity index (χ0n) is 21.4. The van der Waals surface area contributed by atoms with Gasteiger partial charge in [0.05, 0.1) is 31.3 Å². The lowest BCUT2D eigenvalue weighted by Gasteiger charge is -2.34. The first kappa shape index (κ1) is 26.1. The van der Waals surface area contributed by atoms with Crippen LogP contribution in [-0.4, -0.2) is 115 Å². The Kier molecular flexibility index (Phi) is 7.55. The van der Waals surface area contributed by atoms with Crippen LogP contribution in [0.4, 0.5) is 10.6 Å². The number of likely N-dealkylation sites (tertiary alicyclic amines) is 2. The molecule has 0 spiro atoms. The minimum atomic E-state index is -3.47. The summed E-state index contributed by atoms with van der Waals surface area (Å²) in [5, 5.41) is 0. The second-order valence-corrected chi connectivity index (χ2v) is 12.8. The summed E-state index contributed by atoms with van der Waals surface area (Å²) in [4.78, 5) is 38.9. The summed E-state index contributed by atoms with van der Waals surface area (Å²) >= 11 is 0. The molecule has 2 amide bonds. The highest BCUT2D eigenvalue weighted by Crippen LogP contribution is 2.39. The Hall–Kier alpha value is -2.51. The highest BCUT2D eigenvalue weighted by Gasteiger charge is 2.43. The van der Waals surface area contributed by atoms with Crippen molar-refractivity contribution in [2.24, 2.45) is 5.92 Å². The highest BCUT2D eigenvalue weighted by atomic mass is 32.2. The monoisotopic (exact) mass is 536 g/mol. The molecule has 13 heteroatoms. The van der Waals surface area contributed by atoms with Crippen molar-refractivity contribution < 1.29 is 27.5 Å².